The third-order valence-electron chi connectivity index (χ3n) is 1.93. The van der Waals surface area contributed by atoms with Gasteiger partial charge in [0.05, 0.1) is 5.69 Å². The Morgan fingerprint density at radius 2 is 1.86 bits per heavy atom. The molecule has 2 aromatic rings. The fraction of sp³-hybridized carbons (Fsp3) is 0.0909. The number of hydrogen-bond donors (Lipinski definition) is 0. The van der Waals surface area contributed by atoms with Crippen LogP contribution in [0.5, 0.6) is 0 Å². The summed E-state index contributed by atoms with van der Waals surface area (Å²) < 4.78 is 12.5. The first-order valence-corrected chi connectivity index (χ1v) is 4.30. The lowest BCUT2D eigenvalue weighted by Gasteiger charge is -1.99. The van der Waals surface area contributed by atoms with Gasteiger partial charge in [-0.1, -0.05) is 6.07 Å². The number of hydrogen-bond acceptors (Lipinski definition) is 2. The van der Waals surface area contributed by atoms with Crippen LogP contribution >= 0.6 is 0 Å². The van der Waals surface area contributed by atoms with Gasteiger partial charge in [-0.2, -0.15) is 4.39 Å². The van der Waals surface area contributed by atoms with Crippen molar-refractivity contribution in [2.45, 2.75) is 6.92 Å². The number of pyridine rings is 2. The molecule has 0 radical (unpaired) electrons. The SMILES string of the molecule is Cc1ccc(-c2ccc(F)nc2)nc1. The van der Waals surface area contributed by atoms with Crippen molar-refractivity contribution in [2.75, 3.05) is 0 Å². The van der Waals surface area contributed by atoms with E-state index in [0.29, 0.717) is 0 Å². The molecule has 0 N–H and O–H groups in total. The van der Waals surface area contributed by atoms with Crippen LogP contribution in [0.3, 0.4) is 0 Å². The molecule has 0 spiro atoms. The monoisotopic (exact) mass is 188 g/mol. The number of aromatic nitrogens is 2. The highest BCUT2D eigenvalue weighted by molar-refractivity contribution is 5.57. The van der Waals surface area contributed by atoms with Crippen molar-refractivity contribution in [1.29, 1.82) is 0 Å². The third-order valence-corrected chi connectivity index (χ3v) is 1.93. The molecule has 2 heterocycles. The van der Waals surface area contributed by atoms with Crippen LogP contribution in [-0.4, -0.2) is 9.97 Å². The predicted molar refractivity (Wildman–Crippen MR) is 52.2 cm³/mol. The summed E-state index contributed by atoms with van der Waals surface area (Å²) >= 11 is 0. The Bertz CT molecular complexity index is 377. The van der Waals surface area contributed by atoms with Gasteiger partial charge in [0.15, 0.2) is 0 Å². The molecule has 0 aromatic carbocycles. The molecule has 2 nitrogen and oxygen atoms in total. The molecule has 0 aliphatic rings. The largest absolute Gasteiger partial charge is 0.256 e. The van der Waals surface area contributed by atoms with E-state index in [4.69, 9.17) is 0 Å². The molecular formula is C11H9FN2. The smallest absolute Gasteiger partial charge is 0.212 e. The van der Waals surface area contributed by atoms with Crippen LogP contribution in [0.1, 0.15) is 5.56 Å². The fourth-order valence-corrected chi connectivity index (χ4v) is 1.17. The summed E-state index contributed by atoms with van der Waals surface area (Å²) in [7, 11) is 0. The van der Waals surface area contributed by atoms with Crippen LogP contribution in [0.4, 0.5) is 4.39 Å². The van der Waals surface area contributed by atoms with E-state index in [0.717, 1.165) is 16.8 Å². The van der Waals surface area contributed by atoms with Crippen molar-refractivity contribution < 1.29 is 4.39 Å². The zero-order valence-electron chi connectivity index (χ0n) is 7.74. The molecule has 0 atom stereocenters. The molecule has 2 rings (SSSR count). The Kier molecular flexibility index (Phi) is 2.23. The Hall–Kier alpha value is -1.77. The zero-order chi connectivity index (χ0) is 9.97. The molecule has 3 heteroatoms. The van der Waals surface area contributed by atoms with E-state index in [1.165, 1.54) is 12.3 Å². The van der Waals surface area contributed by atoms with Crippen molar-refractivity contribution in [3.05, 3.63) is 48.2 Å². The molecule has 0 fully saturated rings. The lowest BCUT2D eigenvalue weighted by Crippen LogP contribution is -1.86. The molecule has 0 amide bonds. The molecule has 0 saturated heterocycles. The normalized spacial score (nSPS) is 10.1. The molecule has 0 aliphatic carbocycles. The van der Waals surface area contributed by atoms with Gasteiger partial charge in [0.1, 0.15) is 0 Å². The van der Waals surface area contributed by atoms with Gasteiger partial charge < -0.3 is 0 Å². The summed E-state index contributed by atoms with van der Waals surface area (Å²) in [6, 6.07) is 6.85. The lowest BCUT2D eigenvalue weighted by molar-refractivity contribution is 0.584. The second kappa shape index (κ2) is 3.54. The minimum Gasteiger partial charge on any atom is -0.256 e. The maximum atomic E-state index is 12.5. The number of halogens is 1. The molecule has 0 aliphatic heterocycles. The van der Waals surface area contributed by atoms with Crippen molar-refractivity contribution in [3.63, 3.8) is 0 Å². The van der Waals surface area contributed by atoms with Gasteiger partial charge in [-0.3, -0.25) is 4.98 Å². The van der Waals surface area contributed by atoms with Gasteiger partial charge in [0, 0.05) is 18.0 Å². The summed E-state index contributed by atoms with van der Waals surface area (Å²) in [4.78, 5) is 7.79. The summed E-state index contributed by atoms with van der Waals surface area (Å²) in [6.07, 6.45) is 3.26. The van der Waals surface area contributed by atoms with Crippen LogP contribution in [0.25, 0.3) is 11.3 Å². The van der Waals surface area contributed by atoms with Crippen molar-refractivity contribution >= 4 is 0 Å². The van der Waals surface area contributed by atoms with E-state index < -0.39 is 5.95 Å². The van der Waals surface area contributed by atoms with Crippen LogP contribution in [0, 0.1) is 12.9 Å². The molecule has 0 bridgehead atoms. The van der Waals surface area contributed by atoms with Gasteiger partial charge in [-0.05, 0) is 30.7 Å². The van der Waals surface area contributed by atoms with Gasteiger partial charge in [-0.15, -0.1) is 0 Å². The zero-order valence-corrected chi connectivity index (χ0v) is 7.74. The second-order valence-corrected chi connectivity index (χ2v) is 3.09. The van der Waals surface area contributed by atoms with Crippen molar-refractivity contribution in [3.8, 4) is 11.3 Å². The van der Waals surface area contributed by atoms with Gasteiger partial charge >= 0.3 is 0 Å². The topological polar surface area (TPSA) is 25.8 Å². The van der Waals surface area contributed by atoms with Crippen molar-refractivity contribution in [2.24, 2.45) is 0 Å². The minimum absolute atomic E-state index is 0.471. The first-order valence-electron chi connectivity index (χ1n) is 4.30. The van der Waals surface area contributed by atoms with E-state index in [9.17, 15) is 4.39 Å². The first-order chi connectivity index (χ1) is 6.75. The highest BCUT2D eigenvalue weighted by Gasteiger charge is 1.99. The molecule has 0 unspecified atom stereocenters. The third kappa shape index (κ3) is 1.76. The lowest BCUT2D eigenvalue weighted by atomic mass is 10.2. The maximum absolute atomic E-state index is 12.5. The summed E-state index contributed by atoms with van der Waals surface area (Å²) in [5, 5.41) is 0. The molecule has 70 valence electrons. The summed E-state index contributed by atoms with van der Waals surface area (Å²) in [5.41, 5.74) is 2.73. The molecule has 0 saturated carbocycles. The van der Waals surface area contributed by atoms with E-state index in [2.05, 4.69) is 9.97 Å². The standard InChI is InChI=1S/C11H9FN2/c1-8-2-4-10(13-6-8)9-3-5-11(12)14-7-9/h2-7H,1H3. The van der Waals surface area contributed by atoms with Gasteiger partial charge in [0.2, 0.25) is 5.95 Å². The first kappa shape index (κ1) is 8.81. The van der Waals surface area contributed by atoms with E-state index >= 15 is 0 Å². The second-order valence-electron chi connectivity index (χ2n) is 3.09. The Morgan fingerprint density at radius 3 is 2.43 bits per heavy atom. The highest BCUT2D eigenvalue weighted by atomic mass is 19.1. The fourth-order valence-electron chi connectivity index (χ4n) is 1.17. The van der Waals surface area contributed by atoms with Crippen LogP contribution in [0.15, 0.2) is 36.7 Å². The van der Waals surface area contributed by atoms with Crippen LogP contribution < -0.4 is 0 Å². The van der Waals surface area contributed by atoms with Crippen LogP contribution in [0.2, 0.25) is 0 Å². The van der Waals surface area contributed by atoms with E-state index in [1.54, 1.807) is 12.3 Å². The highest BCUT2D eigenvalue weighted by Crippen LogP contribution is 2.15. The average Bonchev–Trinajstić information content (AvgIpc) is 2.21. The predicted octanol–water partition coefficient (Wildman–Crippen LogP) is 2.59. The number of nitrogens with zero attached hydrogens (tertiary/aromatic N) is 2. The Labute approximate surface area is 81.5 Å². The van der Waals surface area contributed by atoms with Crippen LogP contribution in [-0.2, 0) is 0 Å². The Morgan fingerprint density at radius 1 is 1.00 bits per heavy atom. The molecular weight excluding hydrogens is 179 g/mol. The van der Waals surface area contributed by atoms with Gasteiger partial charge in [-0.25, -0.2) is 4.98 Å². The Balaban J connectivity index is 2.40. The van der Waals surface area contributed by atoms with Gasteiger partial charge in [0.25, 0.3) is 0 Å². The maximum Gasteiger partial charge on any atom is 0.212 e. The minimum atomic E-state index is -0.471. The van der Waals surface area contributed by atoms with Crippen molar-refractivity contribution in [1.82, 2.24) is 9.97 Å². The average molecular weight is 188 g/mol. The number of rotatable bonds is 1. The summed E-state index contributed by atoms with van der Waals surface area (Å²) in [6.45, 7) is 1.97. The summed E-state index contributed by atoms with van der Waals surface area (Å²) in [5.74, 6) is -0.471. The number of aryl methyl sites for hydroxylation is 1. The van der Waals surface area contributed by atoms with E-state index in [1.807, 2.05) is 19.1 Å². The molecule has 2 aromatic heterocycles. The van der Waals surface area contributed by atoms with E-state index in [-0.39, 0.29) is 0 Å². The quantitative estimate of drug-likeness (QED) is 0.643. The molecule has 14 heavy (non-hydrogen) atoms.